The number of nitrogens with one attached hydrogen (secondary N) is 1. The molecule has 1 aromatic carbocycles. The minimum absolute atomic E-state index is 0.362. The van der Waals surface area contributed by atoms with Gasteiger partial charge in [-0.2, -0.15) is 0 Å². The van der Waals surface area contributed by atoms with Gasteiger partial charge in [0.25, 0.3) is 5.91 Å². The Labute approximate surface area is 113 Å². The largest absolute Gasteiger partial charge is 0.480 e. The Balaban J connectivity index is 1.90. The predicted octanol–water partition coefficient (Wildman–Crippen LogP) is 1.21. The maximum Gasteiger partial charge on any atom is 0.258 e. The third kappa shape index (κ3) is 2.45. The molecule has 1 fully saturated rings. The molecule has 3 N–H and O–H groups in total. The molecule has 3 rings (SSSR count). The monoisotopic (exact) mass is 259 g/mol. The fraction of sp³-hybridized carbons (Fsp3) is 0.533. The molecule has 1 radical (unpaired) electrons. The lowest BCUT2D eigenvalue weighted by Crippen LogP contribution is -2.41. The zero-order valence-corrected chi connectivity index (χ0v) is 10.9. The van der Waals surface area contributed by atoms with E-state index >= 15 is 0 Å². The van der Waals surface area contributed by atoms with Gasteiger partial charge in [0.1, 0.15) is 5.75 Å². The first-order valence-corrected chi connectivity index (χ1v) is 6.92. The summed E-state index contributed by atoms with van der Waals surface area (Å²) in [5, 5.41) is 3.38. The number of carbonyl (C=O) groups is 1. The number of fused-ring (bicyclic) bond motifs is 1. The Morgan fingerprint density at radius 1 is 1.42 bits per heavy atom. The van der Waals surface area contributed by atoms with Crippen LogP contribution < -0.4 is 15.8 Å². The van der Waals surface area contributed by atoms with Gasteiger partial charge < -0.3 is 15.8 Å². The molecule has 1 aromatic rings. The van der Waals surface area contributed by atoms with Crippen molar-refractivity contribution in [2.75, 3.05) is 13.1 Å². The van der Waals surface area contributed by atoms with Gasteiger partial charge in [0.05, 0.1) is 0 Å². The molecule has 0 spiro atoms. The summed E-state index contributed by atoms with van der Waals surface area (Å²) in [6.45, 7) is 2.10. The van der Waals surface area contributed by atoms with Crippen LogP contribution in [0.15, 0.2) is 18.2 Å². The maximum atomic E-state index is 11.5. The number of primary amides is 1. The first kappa shape index (κ1) is 12.5. The Morgan fingerprint density at radius 2 is 2.21 bits per heavy atom. The number of amides is 1. The van der Waals surface area contributed by atoms with Crippen LogP contribution in [0.3, 0.4) is 0 Å². The van der Waals surface area contributed by atoms with Crippen LogP contribution in [-0.2, 0) is 4.79 Å². The van der Waals surface area contributed by atoms with Crippen LogP contribution in [0.2, 0.25) is 0 Å². The summed E-state index contributed by atoms with van der Waals surface area (Å²) in [6.07, 6.45) is 2.49. The lowest BCUT2D eigenvalue weighted by molar-refractivity contribution is -0.125. The van der Waals surface area contributed by atoms with Crippen molar-refractivity contribution in [1.82, 2.24) is 5.32 Å². The highest BCUT2D eigenvalue weighted by Crippen LogP contribution is 2.43. The first-order chi connectivity index (χ1) is 9.25. The van der Waals surface area contributed by atoms with E-state index in [1.165, 1.54) is 5.56 Å². The molecule has 0 aliphatic carbocycles. The van der Waals surface area contributed by atoms with Gasteiger partial charge in [-0.05, 0) is 61.5 Å². The molecule has 2 unspecified atom stereocenters. The second kappa shape index (κ2) is 5.21. The number of benzene rings is 1. The summed E-state index contributed by atoms with van der Waals surface area (Å²) >= 11 is 0. The van der Waals surface area contributed by atoms with Gasteiger partial charge in [0.15, 0.2) is 6.10 Å². The zero-order chi connectivity index (χ0) is 13.2. The second-order valence-corrected chi connectivity index (χ2v) is 5.40. The van der Waals surface area contributed by atoms with Crippen molar-refractivity contribution in [3.63, 3.8) is 0 Å². The molecular weight excluding hydrogens is 240 g/mol. The third-order valence-corrected chi connectivity index (χ3v) is 4.26. The van der Waals surface area contributed by atoms with Crippen molar-refractivity contribution in [3.05, 3.63) is 29.8 Å². The van der Waals surface area contributed by atoms with Crippen molar-refractivity contribution >= 4 is 5.91 Å². The molecule has 101 valence electrons. The van der Waals surface area contributed by atoms with E-state index in [9.17, 15) is 4.79 Å². The summed E-state index contributed by atoms with van der Waals surface area (Å²) < 4.78 is 5.70. The smallest absolute Gasteiger partial charge is 0.258 e. The summed E-state index contributed by atoms with van der Waals surface area (Å²) in [4.78, 5) is 11.5. The van der Waals surface area contributed by atoms with Crippen molar-refractivity contribution in [3.8, 4) is 5.75 Å². The number of ether oxygens (including phenoxy) is 1. The van der Waals surface area contributed by atoms with Crippen LogP contribution >= 0.6 is 0 Å². The topological polar surface area (TPSA) is 64.4 Å². The minimum atomic E-state index is -0.491. The second-order valence-electron chi connectivity index (χ2n) is 5.40. The molecule has 1 amide bonds. The van der Waals surface area contributed by atoms with E-state index in [1.807, 2.05) is 18.2 Å². The first-order valence-electron chi connectivity index (χ1n) is 6.92. The minimum Gasteiger partial charge on any atom is -0.480 e. The van der Waals surface area contributed by atoms with Gasteiger partial charge in [-0.3, -0.25) is 4.79 Å². The highest BCUT2D eigenvalue weighted by atomic mass is 16.5. The molecule has 0 saturated carbocycles. The average molecular weight is 259 g/mol. The standard InChI is InChI=1S/C15H19N2O2/c16-15(18)14-9-12(10-5-7-17-8-6-10)11-3-1-2-4-13(11)19-14/h2-4,10,12,14,17H,5-9H2,(H2,16,18). The number of carbonyl (C=O) groups excluding carboxylic acids is 1. The third-order valence-electron chi connectivity index (χ3n) is 4.26. The molecule has 2 aliphatic rings. The molecule has 19 heavy (non-hydrogen) atoms. The molecule has 2 atom stereocenters. The Bertz CT molecular complexity index is 469. The predicted molar refractivity (Wildman–Crippen MR) is 71.8 cm³/mol. The van der Waals surface area contributed by atoms with Crippen molar-refractivity contribution in [2.45, 2.75) is 31.3 Å². The molecule has 2 aliphatic heterocycles. The normalized spacial score (nSPS) is 27.4. The quantitative estimate of drug-likeness (QED) is 0.839. The van der Waals surface area contributed by atoms with Crippen molar-refractivity contribution < 1.29 is 9.53 Å². The van der Waals surface area contributed by atoms with Gasteiger partial charge in [-0.15, -0.1) is 0 Å². The van der Waals surface area contributed by atoms with E-state index in [2.05, 4.69) is 11.4 Å². The number of rotatable bonds is 2. The SMILES string of the molecule is NC(=O)C1CC(C2CCNCC2)c2c[c]ccc2O1. The van der Waals surface area contributed by atoms with Crippen LogP contribution in [0.4, 0.5) is 0 Å². The molecule has 0 aromatic heterocycles. The number of hydrogen-bond donors (Lipinski definition) is 2. The van der Waals surface area contributed by atoms with Gasteiger partial charge in [0.2, 0.25) is 0 Å². The van der Waals surface area contributed by atoms with E-state index in [0.717, 1.165) is 31.7 Å². The fourth-order valence-electron chi connectivity index (χ4n) is 3.25. The van der Waals surface area contributed by atoms with E-state index in [0.29, 0.717) is 18.3 Å². The zero-order valence-electron chi connectivity index (χ0n) is 10.9. The van der Waals surface area contributed by atoms with Gasteiger partial charge in [-0.25, -0.2) is 0 Å². The summed E-state index contributed by atoms with van der Waals surface area (Å²) in [5.74, 6) is 1.40. The fourth-order valence-corrected chi connectivity index (χ4v) is 3.25. The van der Waals surface area contributed by atoms with Crippen LogP contribution in [0, 0.1) is 12.0 Å². The van der Waals surface area contributed by atoms with Crippen LogP contribution in [0.25, 0.3) is 0 Å². The Kier molecular flexibility index (Phi) is 3.42. The van der Waals surface area contributed by atoms with Crippen molar-refractivity contribution in [2.24, 2.45) is 11.7 Å². The molecule has 0 bridgehead atoms. The van der Waals surface area contributed by atoms with E-state index < -0.39 is 6.10 Å². The lowest BCUT2D eigenvalue weighted by Gasteiger charge is -2.37. The molecule has 2 heterocycles. The van der Waals surface area contributed by atoms with Crippen LogP contribution in [-0.4, -0.2) is 25.1 Å². The Morgan fingerprint density at radius 3 is 2.95 bits per heavy atom. The van der Waals surface area contributed by atoms with Crippen molar-refractivity contribution in [1.29, 1.82) is 0 Å². The summed E-state index contributed by atoms with van der Waals surface area (Å²) in [6, 6.07) is 8.83. The van der Waals surface area contributed by atoms with Crippen LogP contribution in [0.1, 0.15) is 30.7 Å². The summed E-state index contributed by atoms with van der Waals surface area (Å²) in [5.41, 5.74) is 6.62. The lowest BCUT2D eigenvalue weighted by atomic mass is 9.76. The van der Waals surface area contributed by atoms with Gasteiger partial charge in [-0.1, -0.05) is 6.07 Å². The van der Waals surface area contributed by atoms with E-state index in [1.54, 1.807) is 0 Å². The highest BCUT2D eigenvalue weighted by molar-refractivity contribution is 5.79. The molecule has 4 nitrogen and oxygen atoms in total. The average Bonchev–Trinajstić information content (AvgIpc) is 2.47. The Hall–Kier alpha value is -1.55. The van der Waals surface area contributed by atoms with Crippen LogP contribution in [0.5, 0.6) is 5.75 Å². The highest BCUT2D eigenvalue weighted by Gasteiger charge is 2.36. The number of hydrogen-bond acceptors (Lipinski definition) is 3. The summed E-state index contributed by atoms with van der Waals surface area (Å²) in [7, 11) is 0. The molecular formula is C15H19N2O2. The number of nitrogens with two attached hydrogens (primary N) is 1. The number of piperidine rings is 1. The van der Waals surface area contributed by atoms with Gasteiger partial charge in [0, 0.05) is 6.42 Å². The van der Waals surface area contributed by atoms with E-state index in [-0.39, 0.29) is 5.91 Å². The van der Waals surface area contributed by atoms with E-state index in [4.69, 9.17) is 10.5 Å². The maximum absolute atomic E-state index is 11.5. The molecule has 4 heteroatoms. The van der Waals surface area contributed by atoms with Gasteiger partial charge >= 0.3 is 0 Å². The molecule has 1 saturated heterocycles.